The van der Waals surface area contributed by atoms with Crippen LogP contribution in [0.2, 0.25) is 19.6 Å². The van der Waals surface area contributed by atoms with Gasteiger partial charge in [-0.15, -0.1) is 0 Å². The number of rotatable bonds is 7. The van der Waals surface area contributed by atoms with Gasteiger partial charge in [0.2, 0.25) is 8.32 Å². The van der Waals surface area contributed by atoms with Crippen LogP contribution < -0.4 is 0 Å². The van der Waals surface area contributed by atoms with Crippen LogP contribution in [0.5, 0.6) is 0 Å². The molecule has 4 heteroatoms. The predicted octanol–water partition coefficient (Wildman–Crippen LogP) is 3.89. The zero-order valence-electron chi connectivity index (χ0n) is 11.6. The molecule has 0 saturated heterocycles. The zero-order chi connectivity index (χ0) is 13.4. The van der Waals surface area contributed by atoms with Crippen LogP contribution in [0.1, 0.15) is 12.5 Å². The maximum Gasteiger partial charge on any atom is 0.301 e. The van der Waals surface area contributed by atoms with Crippen LogP contribution >= 0.6 is 0 Å². The summed E-state index contributed by atoms with van der Waals surface area (Å²) < 4.78 is 16.7. The van der Waals surface area contributed by atoms with Crippen LogP contribution in [0.25, 0.3) is 0 Å². The third-order valence-electron chi connectivity index (χ3n) is 1.97. The van der Waals surface area contributed by atoms with Crippen LogP contribution in [0.15, 0.2) is 42.5 Å². The third-order valence-corrected chi connectivity index (χ3v) is 2.78. The first-order chi connectivity index (χ1) is 8.51. The highest BCUT2D eigenvalue weighted by Crippen LogP contribution is 2.12. The Morgan fingerprint density at radius 1 is 1.17 bits per heavy atom. The summed E-state index contributed by atoms with van der Waals surface area (Å²) in [4.78, 5) is 0. The molecule has 0 unspecified atom stereocenters. The Morgan fingerprint density at radius 3 is 2.39 bits per heavy atom. The van der Waals surface area contributed by atoms with Gasteiger partial charge in [-0.2, -0.15) is 0 Å². The largest absolute Gasteiger partial charge is 0.518 e. The summed E-state index contributed by atoms with van der Waals surface area (Å²) in [5.41, 5.74) is 1.12. The van der Waals surface area contributed by atoms with Gasteiger partial charge in [-0.3, -0.25) is 0 Å². The molecule has 0 saturated carbocycles. The Hall–Kier alpha value is -1.42. The monoisotopic (exact) mass is 266 g/mol. The normalized spacial score (nSPS) is 12.1. The lowest BCUT2D eigenvalue weighted by Crippen LogP contribution is -2.25. The average Bonchev–Trinajstić information content (AvgIpc) is 2.28. The van der Waals surface area contributed by atoms with Crippen molar-refractivity contribution in [3.8, 4) is 0 Å². The van der Waals surface area contributed by atoms with Crippen LogP contribution in [0.4, 0.5) is 0 Å². The molecular formula is C14H22O3Si. The summed E-state index contributed by atoms with van der Waals surface area (Å²) >= 11 is 0. The third kappa shape index (κ3) is 6.35. The van der Waals surface area contributed by atoms with Crippen molar-refractivity contribution in [1.29, 1.82) is 0 Å². The van der Waals surface area contributed by atoms with E-state index >= 15 is 0 Å². The van der Waals surface area contributed by atoms with E-state index in [-0.39, 0.29) is 0 Å². The van der Waals surface area contributed by atoms with Crippen LogP contribution in [0.3, 0.4) is 0 Å². The Kier molecular flexibility index (Phi) is 5.78. The summed E-state index contributed by atoms with van der Waals surface area (Å²) in [7, 11) is -1.66. The van der Waals surface area contributed by atoms with Gasteiger partial charge in [0, 0.05) is 0 Å². The standard InChI is InChI=1S/C14H22O3Si/c1-5-16-14(17-18(2,3)4)12-15-11-13-9-7-6-8-10-13/h6-10,12H,5,11H2,1-4H3/b14-12-. The number of hydrogen-bond donors (Lipinski definition) is 0. The van der Waals surface area contributed by atoms with E-state index in [2.05, 4.69) is 19.6 Å². The quantitative estimate of drug-likeness (QED) is 0.553. The van der Waals surface area contributed by atoms with Gasteiger partial charge in [-0.1, -0.05) is 30.3 Å². The van der Waals surface area contributed by atoms with Crippen molar-refractivity contribution in [2.45, 2.75) is 33.2 Å². The fourth-order valence-corrected chi connectivity index (χ4v) is 2.02. The summed E-state index contributed by atoms with van der Waals surface area (Å²) in [5.74, 6) is 0.479. The van der Waals surface area contributed by atoms with E-state index in [1.807, 2.05) is 37.3 Å². The number of hydrogen-bond acceptors (Lipinski definition) is 3. The molecule has 1 aromatic rings. The van der Waals surface area contributed by atoms with Crippen LogP contribution in [-0.4, -0.2) is 14.9 Å². The van der Waals surface area contributed by atoms with Crippen LogP contribution in [0, 0.1) is 0 Å². The van der Waals surface area contributed by atoms with Gasteiger partial charge in [0.25, 0.3) is 0 Å². The summed E-state index contributed by atoms with van der Waals surface area (Å²) in [6.07, 6.45) is 1.56. The van der Waals surface area contributed by atoms with E-state index < -0.39 is 8.32 Å². The fraction of sp³-hybridized carbons (Fsp3) is 0.429. The van der Waals surface area contributed by atoms with Crippen molar-refractivity contribution in [2.75, 3.05) is 6.61 Å². The maximum absolute atomic E-state index is 5.77. The lowest BCUT2D eigenvalue weighted by molar-refractivity contribution is 0.0874. The van der Waals surface area contributed by atoms with E-state index in [0.29, 0.717) is 19.2 Å². The number of benzene rings is 1. The molecule has 0 bridgehead atoms. The minimum absolute atomic E-state index is 0.479. The molecule has 0 aliphatic heterocycles. The lowest BCUT2D eigenvalue weighted by Gasteiger charge is -2.20. The average molecular weight is 266 g/mol. The second-order valence-electron chi connectivity index (χ2n) is 4.88. The van der Waals surface area contributed by atoms with E-state index in [4.69, 9.17) is 13.9 Å². The van der Waals surface area contributed by atoms with Crippen molar-refractivity contribution < 1.29 is 13.9 Å². The first kappa shape index (κ1) is 14.6. The molecule has 1 aromatic carbocycles. The minimum Gasteiger partial charge on any atom is -0.518 e. The topological polar surface area (TPSA) is 27.7 Å². The molecular weight excluding hydrogens is 244 g/mol. The Balaban J connectivity index is 2.50. The summed E-state index contributed by atoms with van der Waals surface area (Å²) in [6.45, 7) is 9.35. The molecule has 18 heavy (non-hydrogen) atoms. The molecule has 100 valence electrons. The lowest BCUT2D eigenvalue weighted by atomic mass is 10.2. The Labute approximate surface area is 111 Å². The molecule has 0 heterocycles. The molecule has 1 rings (SSSR count). The van der Waals surface area contributed by atoms with Gasteiger partial charge >= 0.3 is 5.95 Å². The molecule has 0 aliphatic carbocycles. The Bertz CT molecular complexity index is 368. The van der Waals surface area contributed by atoms with E-state index in [0.717, 1.165) is 5.56 Å². The molecule has 0 fully saturated rings. The van der Waals surface area contributed by atoms with Crippen molar-refractivity contribution in [2.24, 2.45) is 0 Å². The molecule has 0 atom stereocenters. The molecule has 0 aromatic heterocycles. The highest BCUT2D eigenvalue weighted by atomic mass is 28.4. The molecule has 0 radical (unpaired) electrons. The molecule has 0 N–H and O–H groups in total. The minimum atomic E-state index is -1.66. The van der Waals surface area contributed by atoms with Gasteiger partial charge in [-0.25, -0.2) is 0 Å². The van der Waals surface area contributed by atoms with E-state index in [1.54, 1.807) is 6.26 Å². The molecule has 0 amide bonds. The zero-order valence-corrected chi connectivity index (χ0v) is 12.6. The summed E-state index contributed by atoms with van der Waals surface area (Å²) in [5, 5.41) is 0. The van der Waals surface area contributed by atoms with Gasteiger partial charge < -0.3 is 13.9 Å². The van der Waals surface area contributed by atoms with E-state index in [1.165, 1.54) is 0 Å². The van der Waals surface area contributed by atoms with Crippen molar-refractivity contribution >= 4 is 8.32 Å². The SMILES string of the molecule is CCO/C(=C/OCc1ccccc1)O[Si](C)(C)C. The summed E-state index contributed by atoms with van der Waals surface area (Å²) in [6, 6.07) is 10.0. The first-order valence-corrected chi connectivity index (χ1v) is 9.59. The molecule has 0 aliphatic rings. The van der Waals surface area contributed by atoms with Crippen molar-refractivity contribution in [3.05, 3.63) is 48.1 Å². The maximum atomic E-state index is 5.77. The van der Waals surface area contributed by atoms with Crippen LogP contribution in [-0.2, 0) is 20.5 Å². The van der Waals surface area contributed by atoms with Gasteiger partial charge in [0.1, 0.15) is 6.61 Å². The molecule has 3 nitrogen and oxygen atoms in total. The van der Waals surface area contributed by atoms with E-state index in [9.17, 15) is 0 Å². The predicted molar refractivity (Wildman–Crippen MR) is 75.4 cm³/mol. The second kappa shape index (κ2) is 7.11. The smallest absolute Gasteiger partial charge is 0.301 e. The highest BCUT2D eigenvalue weighted by molar-refractivity contribution is 6.69. The van der Waals surface area contributed by atoms with Crippen molar-refractivity contribution in [1.82, 2.24) is 0 Å². The van der Waals surface area contributed by atoms with Crippen molar-refractivity contribution in [3.63, 3.8) is 0 Å². The second-order valence-corrected chi connectivity index (χ2v) is 9.31. The van der Waals surface area contributed by atoms with Gasteiger partial charge in [-0.05, 0) is 32.1 Å². The fourth-order valence-electron chi connectivity index (χ4n) is 1.31. The molecule has 0 spiro atoms. The number of ether oxygens (including phenoxy) is 2. The van der Waals surface area contributed by atoms with Gasteiger partial charge in [0.05, 0.1) is 6.61 Å². The van der Waals surface area contributed by atoms with Gasteiger partial charge in [0.15, 0.2) is 6.26 Å². The highest BCUT2D eigenvalue weighted by Gasteiger charge is 2.18. The first-order valence-electron chi connectivity index (χ1n) is 6.19. The Morgan fingerprint density at radius 2 is 1.83 bits per heavy atom.